The molecule has 2 atom stereocenters. The molecule has 210 valence electrons. The normalized spacial score (nSPS) is 18.1. The van der Waals surface area contributed by atoms with Crippen LogP contribution in [0, 0.1) is 5.41 Å². The first-order valence-electron chi connectivity index (χ1n) is 14.1. The Morgan fingerprint density at radius 1 is 1.05 bits per heavy atom. The van der Waals surface area contributed by atoms with E-state index in [9.17, 15) is 14.4 Å². The van der Waals surface area contributed by atoms with Crippen LogP contribution in [-0.2, 0) is 39.2 Å². The van der Waals surface area contributed by atoms with Crippen LogP contribution in [0.5, 0.6) is 0 Å². The first-order chi connectivity index (χ1) is 20.2. The molecule has 1 aromatic heterocycles. The average molecular weight is 565 g/mol. The summed E-state index contributed by atoms with van der Waals surface area (Å²) in [6, 6.07) is 16.7. The van der Waals surface area contributed by atoms with E-state index < -0.39 is 22.0 Å². The fraction of sp³-hybridized carbons (Fsp3) is 0.355. The van der Waals surface area contributed by atoms with Gasteiger partial charge < -0.3 is 20.9 Å². The molecule has 8 nitrogen and oxygen atoms in total. The predicted molar refractivity (Wildman–Crippen MR) is 170 cm³/mol. The van der Waals surface area contributed by atoms with E-state index in [2.05, 4.69) is 20.9 Å². The van der Waals surface area contributed by atoms with Gasteiger partial charge in [0, 0.05) is 29.4 Å². The molecule has 12 heteroatoms. The zero-order valence-electron chi connectivity index (χ0n) is 24.6. The maximum atomic E-state index is 13.5. The van der Waals surface area contributed by atoms with Crippen molar-refractivity contribution < 1.29 is 14.4 Å². The van der Waals surface area contributed by atoms with Crippen LogP contribution >= 0.6 is 0 Å². The van der Waals surface area contributed by atoms with E-state index in [1.165, 1.54) is 4.90 Å². The van der Waals surface area contributed by atoms with Gasteiger partial charge in [-0.3, -0.25) is 14.4 Å². The van der Waals surface area contributed by atoms with E-state index >= 15 is 0 Å². The van der Waals surface area contributed by atoms with Gasteiger partial charge in [-0.1, -0.05) is 62.4 Å². The molecule has 0 bridgehead atoms. The largest absolute Gasteiger partial charge is 0.337 e. The molecule has 2 aromatic carbocycles. The number of hydrogen-bond donors (Lipinski definition) is 3. The van der Waals surface area contributed by atoms with Crippen LogP contribution in [0.4, 0.5) is 11.5 Å². The number of fused-ring (bicyclic) bond motifs is 3. The summed E-state index contributed by atoms with van der Waals surface area (Å²) in [6.07, 6.45) is 2.73. The number of aromatic nitrogens is 1. The summed E-state index contributed by atoms with van der Waals surface area (Å²) in [5.74, 6) is -0.840. The van der Waals surface area contributed by atoms with Crippen LogP contribution in [0.3, 0.4) is 0 Å². The van der Waals surface area contributed by atoms with Crippen molar-refractivity contribution in [2.24, 2.45) is 5.41 Å². The summed E-state index contributed by atoms with van der Waals surface area (Å²) >= 11 is 0. The van der Waals surface area contributed by atoms with Gasteiger partial charge in [0.05, 0.1) is 36.8 Å². The third-order valence-electron chi connectivity index (χ3n) is 7.88. The Morgan fingerprint density at radius 2 is 1.77 bits per heavy atom. The van der Waals surface area contributed by atoms with Gasteiger partial charge in [-0.15, -0.1) is 0 Å². The Bertz CT molecular complexity index is 1590. The molecule has 3 aromatic rings. The SMILES string of the molecule is [B]C(NC([B])([B])[B])c1ccccc1CN(CC(=O)Nc1ccc2c(c1)CC1(C2)C(=O)Nc2ncccc21)C(=O)C(C)(C)C. The Kier molecular flexibility index (Phi) is 8.11. The zero-order chi connectivity index (χ0) is 31.2. The molecule has 2 aliphatic rings. The van der Waals surface area contributed by atoms with Crippen LogP contribution in [0.2, 0.25) is 0 Å². The number of nitrogens with one attached hydrogen (secondary N) is 3. The second kappa shape index (κ2) is 11.4. The lowest BCUT2D eigenvalue weighted by Gasteiger charge is -2.32. The number of carbonyl (C=O) groups is 3. The molecule has 8 radical (unpaired) electrons. The minimum absolute atomic E-state index is 0.0652. The van der Waals surface area contributed by atoms with E-state index in [1.54, 1.807) is 39.1 Å². The summed E-state index contributed by atoms with van der Waals surface area (Å²) in [6.45, 7) is 5.33. The van der Waals surface area contributed by atoms with Crippen molar-refractivity contribution in [2.75, 3.05) is 17.2 Å². The number of carbonyl (C=O) groups excluding carboxylic acids is 3. The Labute approximate surface area is 257 Å². The molecule has 0 fully saturated rings. The maximum absolute atomic E-state index is 13.5. The van der Waals surface area contributed by atoms with Crippen molar-refractivity contribution in [3.63, 3.8) is 0 Å². The third kappa shape index (κ3) is 6.44. The molecular weight excluding hydrogens is 534 g/mol. The molecule has 1 aliphatic carbocycles. The van der Waals surface area contributed by atoms with Crippen LogP contribution in [0.15, 0.2) is 60.8 Å². The van der Waals surface area contributed by atoms with Gasteiger partial charge in [-0.05, 0) is 59.2 Å². The average Bonchev–Trinajstić information content (AvgIpc) is 3.43. The Balaban J connectivity index is 1.33. The van der Waals surface area contributed by atoms with Gasteiger partial charge in [0.1, 0.15) is 12.4 Å². The van der Waals surface area contributed by atoms with Gasteiger partial charge >= 0.3 is 0 Å². The predicted octanol–water partition coefficient (Wildman–Crippen LogP) is 1.96. The molecule has 0 saturated heterocycles. The minimum atomic E-state index is -1.70. The van der Waals surface area contributed by atoms with Crippen molar-refractivity contribution in [1.29, 1.82) is 0 Å². The highest BCUT2D eigenvalue weighted by Crippen LogP contribution is 2.47. The van der Waals surface area contributed by atoms with Crippen LogP contribution in [0.1, 0.15) is 54.5 Å². The van der Waals surface area contributed by atoms with Gasteiger partial charge in [0.25, 0.3) is 0 Å². The molecule has 43 heavy (non-hydrogen) atoms. The van der Waals surface area contributed by atoms with Gasteiger partial charge in [0.15, 0.2) is 0 Å². The quantitative estimate of drug-likeness (QED) is 0.363. The number of pyridine rings is 1. The molecule has 2 heterocycles. The highest BCUT2D eigenvalue weighted by Gasteiger charge is 2.51. The van der Waals surface area contributed by atoms with E-state index in [1.807, 2.05) is 42.5 Å². The second-order valence-electron chi connectivity index (χ2n) is 12.5. The third-order valence-corrected chi connectivity index (χ3v) is 7.88. The Morgan fingerprint density at radius 3 is 2.49 bits per heavy atom. The van der Waals surface area contributed by atoms with Crippen molar-refractivity contribution in [3.05, 3.63) is 88.6 Å². The lowest BCUT2D eigenvalue weighted by atomic mass is 9.49. The first kappa shape index (κ1) is 30.7. The van der Waals surface area contributed by atoms with E-state index in [0.29, 0.717) is 35.5 Å². The van der Waals surface area contributed by atoms with Crippen molar-refractivity contribution in [3.8, 4) is 0 Å². The van der Waals surface area contributed by atoms with Crippen LogP contribution in [0.25, 0.3) is 0 Å². The highest BCUT2D eigenvalue weighted by molar-refractivity contribution is 6.59. The summed E-state index contributed by atoms with van der Waals surface area (Å²) in [4.78, 5) is 45.7. The number of amides is 3. The minimum Gasteiger partial charge on any atom is -0.337 e. The topological polar surface area (TPSA) is 103 Å². The zero-order valence-corrected chi connectivity index (χ0v) is 24.6. The number of hydrogen-bond acceptors (Lipinski definition) is 5. The second-order valence-corrected chi connectivity index (χ2v) is 12.5. The number of benzene rings is 2. The van der Waals surface area contributed by atoms with Gasteiger partial charge in [-0.2, -0.15) is 0 Å². The molecule has 5 rings (SSSR count). The molecule has 0 saturated carbocycles. The summed E-state index contributed by atoms with van der Waals surface area (Å²) in [7, 11) is 23.4. The van der Waals surface area contributed by atoms with E-state index in [0.717, 1.165) is 16.7 Å². The van der Waals surface area contributed by atoms with Gasteiger partial charge in [0.2, 0.25) is 17.7 Å². The Hall–Kier alpha value is -3.78. The standard InChI is InChI=1S/C31H31B4N5O3/c1-29(2,3)28(43)40(16-19-7-4-5-8-22(19)25(32)39-31(33,34)35)17-24(41)37-21-11-10-18-14-30(15-20(18)13-21)23-9-6-12-36-26(23)38-27(30)42/h4-13,25,39H,14-17H2,1-3H3,(H,37,41)(H,36,38,42). The molecule has 1 aliphatic heterocycles. The first-order valence-corrected chi connectivity index (χ1v) is 14.1. The molecule has 1 spiro atoms. The fourth-order valence-electron chi connectivity index (χ4n) is 5.93. The lowest BCUT2D eigenvalue weighted by Crippen LogP contribution is -2.49. The molecule has 2 unspecified atom stereocenters. The lowest BCUT2D eigenvalue weighted by molar-refractivity contribution is -0.142. The maximum Gasteiger partial charge on any atom is 0.244 e. The number of anilines is 2. The van der Waals surface area contributed by atoms with Gasteiger partial charge in [-0.25, -0.2) is 4.98 Å². The summed E-state index contributed by atoms with van der Waals surface area (Å²) in [5.41, 5.74) is 3.42. The number of nitrogens with zero attached hydrogens (tertiary/aromatic N) is 2. The van der Waals surface area contributed by atoms with E-state index in [-0.39, 0.29) is 30.8 Å². The smallest absolute Gasteiger partial charge is 0.244 e. The van der Waals surface area contributed by atoms with Crippen LogP contribution < -0.4 is 16.0 Å². The summed E-state index contributed by atoms with van der Waals surface area (Å²) < 4.78 is 0. The fourth-order valence-corrected chi connectivity index (χ4v) is 5.93. The monoisotopic (exact) mass is 565 g/mol. The molecule has 3 amide bonds. The van der Waals surface area contributed by atoms with Crippen molar-refractivity contribution >= 4 is 60.6 Å². The van der Waals surface area contributed by atoms with Crippen molar-refractivity contribution in [2.45, 2.75) is 56.8 Å². The summed E-state index contributed by atoms with van der Waals surface area (Å²) in [5, 5.41) is 6.87. The van der Waals surface area contributed by atoms with E-state index in [4.69, 9.17) is 31.4 Å². The number of rotatable bonds is 8. The highest BCUT2D eigenvalue weighted by atomic mass is 16.2. The molecule has 3 N–H and O–H groups in total. The van der Waals surface area contributed by atoms with Crippen LogP contribution in [-0.4, -0.2) is 70.8 Å². The van der Waals surface area contributed by atoms with Crippen molar-refractivity contribution in [1.82, 2.24) is 15.2 Å². The molecular formula is C31H31B4N5O3.